The second-order valence-electron chi connectivity index (χ2n) is 4.64. The van der Waals surface area contributed by atoms with Crippen molar-refractivity contribution in [1.82, 2.24) is 5.32 Å². The van der Waals surface area contributed by atoms with Crippen molar-refractivity contribution in [3.8, 4) is 0 Å². The molecule has 0 saturated carbocycles. The van der Waals surface area contributed by atoms with Crippen LogP contribution in [0.5, 0.6) is 0 Å². The Morgan fingerprint density at radius 3 is 2.63 bits per heavy atom. The quantitative estimate of drug-likeness (QED) is 0.870. The second kappa shape index (κ2) is 6.69. The van der Waals surface area contributed by atoms with E-state index >= 15 is 0 Å². The van der Waals surface area contributed by atoms with Gasteiger partial charge in [0.15, 0.2) is 0 Å². The summed E-state index contributed by atoms with van der Waals surface area (Å²) in [6.07, 6.45) is 0.791. The van der Waals surface area contributed by atoms with E-state index in [9.17, 15) is 4.39 Å². The average molecular weight is 278 g/mol. The Morgan fingerprint density at radius 2 is 1.95 bits per heavy atom. The van der Waals surface area contributed by atoms with Gasteiger partial charge < -0.3 is 5.32 Å². The average Bonchev–Trinajstić information content (AvgIpc) is 2.38. The van der Waals surface area contributed by atoms with Crippen LogP contribution in [0.3, 0.4) is 0 Å². The van der Waals surface area contributed by atoms with Crippen LogP contribution in [0, 0.1) is 5.82 Å². The van der Waals surface area contributed by atoms with Gasteiger partial charge in [0.1, 0.15) is 5.82 Å². The zero-order valence-corrected chi connectivity index (χ0v) is 11.6. The molecule has 2 aromatic carbocycles. The molecule has 0 aliphatic heterocycles. The Balaban J connectivity index is 2.21. The van der Waals surface area contributed by atoms with Gasteiger partial charge in [0.25, 0.3) is 0 Å². The van der Waals surface area contributed by atoms with Crippen molar-refractivity contribution < 1.29 is 4.39 Å². The highest BCUT2D eigenvalue weighted by molar-refractivity contribution is 6.30. The van der Waals surface area contributed by atoms with E-state index in [1.165, 1.54) is 11.6 Å². The Morgan fingerprint density at radius 1 is 1.16 bits per heavy atom. The molecule has 0 radical (unpaired) electrons. The molecule has 0 aliphatic rings. The SMILES string of the molecule is CNCC(Cc1cccc(F)c1)c1cccc(Cl)c1. The number of nitrogens with one attached hydrogen (secondary N) is 1. The highest BCUT2D eigenvalue weighted by atomic mass is 35.5. The minimum Gasteiger partial charge on any atom is -0.319 e. The highest BCUT2D eigenvalue weighted by Crippen LogP contribution is 2.23. The standard InChI is InChI=1S/C16H17ClFN/c1-19-11-14(13-5-3-6-15(17)10-13)8-12-4-2-7-16(18)9-12/h2-7,9-10,14,19H,8,11H2,1H3. The lowest BCUT2D eigenvalue weighted by Gasteiger charge is -2.17. The summed E-state index contributed by atoms with van der Waals surface area (Å²) in [5, 5.41) is 3.92. The molecule has 2 rings (SSSR count). The molecular formula is C16H17ClFN. The lowest BCUT2D eigenvalue weighted by molar-refractivity contribution is 0.608. The Hall–Kier alpha value is -1.38. The molecule has 0 aromatic heterocycles. The Labute approximate surface area is 118 Å². The maximum absolute atomic E-state index is 13.2. The molecule has 1 nitrogen and oxygen atoms in total. The van der Waals surface area contributed by atoms with Crippen LogP contribution >= 0.6 is 11.6 Å². The van der Waals surface area contributed by atoms with E-state index in [1.54, 1.807) is 12.1 Å². The molecule has 3 heteroatoms. The maximum Gasteiger partial charge on any atom is 0.123 e. The van der Waals surface area contributed by atoms with E-state index in [-0.39, 0.29) is 11.7 Å². The number of hydrogen-bond acceptors (Lipinski definition) is 1. The molecule has 0 aliphatic carbocycles. The molecule has 0 bridgehead atoms. The van der Waals surface area contributed by atoms with Crippen LogP contribution in [0.1, 0.15) is 17.0 Å². The summed E-state index contributed by atoms with van der Waals surface area (Å²) >= 11 is 6.04. The van der Waals surface area contributed by atoms with Gasteiger partial charge in [-0.2, -0.15) is 0 Å². The van der Waals surface area contributed by atoms with Crippen LogP contribution in [0.2, 0.25) is 5.02 Å². The van der Waals surface area contributed by atoms with E-state index in [2.05, 4.69) is 11.4 Å². The summed E-state index contributed by atoms with van der Waals surface area (Å²) in [5.41, 5.74) is 2.17. The highest BCUT2D eigenvalue weighted by Gasteiger charge is 2.12. The third-order valence-corrected chi connectivity index (χ3v) is 3.38. The summed E-state index contributed by atoms with van der Waals surface area (Å²) < 4.78 is 13.2. The van der Waals surface area contributed by atoms with Crippen molar-refractivity contribution in [2.75, 3.05) is 13.6 Å². The number of halogens is 2. The fraction of sp³-hybridized carbons (Fsp3) is 0.250. The van der Waals surface area contributed by atoms with Crippen molar-refractivity contribution in [1.29, 1.82) is 0 Å². The first-order valence-corrected chi connectivity index (χ1v) is 6.71. The van der Waals surface area contributed by atoms with Gasteiger partial charge >= 0.3 is 0 Å². The topological polar surface area (TPSA) is 12.0 Å². The van der Waals surface area contributed by atoms with Crippen molar-refractivity contribution >= 4 is 11.6 Å². The molecule has 0 amide bonds. The van der Waals surface area contributed by atoms with Crippen molar-refractivity contribution in [2.45, 2.75) is 12.3 Å². The predicted octanol–water partition coefficient (Wildman–Crippen LogP) is 4.02. The van der Waals surface area contributed by atoms with E-state index in [0.29, 0.717) is 0 Å². The van der Waals surface area contributed by atoms with Crippen LogP contribution in [-0.4, -0.2) is 13.6 Å². The fourth-order valence-electron chi connectivity index (χ4n) is 2.26. The third kappa shape index (κ3) is 4.05. The number of hydrogen-bond donors (Lipinski definition) is 1. The lowest BCUT2D eigenvalue weighted by Crippen LogP contribution is -2.19. The zero-order chi connectivity index (χ0) is 13.7. The van der Waals surface area contributed by atoms with Crippen molar-refractivity contribution in [2.24, 2.45) is 0 Å². The molecule has 19 heavy (non-hydrogen) atoms. The first kappa shape index (κ1) is 14.0. The first-order valence-electron chi connectivity index (χ1n) is 6.33. The summed E-state index contributed by atoms with van der Waals surface area (Å²) in [6, 6.07) is 14.6. The molecule has 0 saturated heterocycles. The second-order valence-corrected chi connectivity index (χ2v) is 5.08. The normalized spacial score (nSPS) is 12.4. The molecule has 100 valence electrons. The number of rotatable bonds is 5. The summed E-state index contributed by atoms with van der Waals surface area (Å²) in [6.45, 7) is 0.830. The zero-order valence-electron chi connectivity index (χ0n) is 10.9. The van der Waals surface area contributed by atoms with Gasteiger partial charge in [-0.25, -0.2) is 4.39 Å². The van der Waals surface area contributed by atoms with Gasteiger partial charge in [-0.15, -0.1) is 0 Å². The Bertz CT molecular complexity index is 542. The van der Waals surface area contributed by atoms with E-state index < -0.39 is 0 Å². The minimum atomic E-state index is -0.188. The van der Waals surface area contributed by atoms with Crippen LogP contribution in [0.25, 0.3) is 0 Å². The summed E-state index contributed by atoms with van der Waals surface area (Å²) in [4.78, 5) is 0. The molecule has 1 atom stereocenters. The predicted molar refractivity (Wildman–Crippen MR) is 78.2 cm³/mol. The third-order valence-electron chi connectivity index (χ3n) is 3.14. The maximum atomic E-state index is 13.2. The number of likely N-dealkylation sites (N-methyl/N-ethyl adjacent to an activating group) is 1. The van der Waals surface area contributed by atoms with E-state index in [4.69, 9.17) is 11.6 Å². The molecule has 0 heterocycles. The summed E-state index contributed by atoms with van der Waals surface area (Å²) in [5.74, 6) is 0.0947. The van der Waals surface area contributed by atoms with Crippen LogP contribution in [-0.2, 0) is 6.42 Å². The molecular weight excluding hydrogens is 261 g/mol. The van der Waals surface area contributed by atoms with Gasteiger partial charge in [0.2, 0.25) is 0 Å². The molecule has 0 fully saturated rings. The van der Waals surface area contributed by atoms with Gasteiger partial charge in [0.05, 0.1) is 0 Å². The largest absolute Gasteiger partial charge is 0.319 e. The molecule has 1 unspecified atom stereocenters. The van der Waals surface area contributed by atoms with Crippen LogP contribution in [0.15, 0.2) is 48.5 Å². The summed E-state index contributed by atoms with van der Waals surface area (Å²) in [7, 11) is 1.92. The fourth-order valence-corrected chi connectivity index (χ4v) is 2.46. The van der Waals surface area contributed by atoms with Gasteiger partial charge in [-0.3, -0.25) is 0 Å². The monoisotopic (exact) mass is 277 g/mol. The van der Waals surface area contributed by atoms with Gasteiger partial charge in [-0.1, -0.05) is 35.9 Å². The number of benzene rings is 2. The van der Waals surface area contributed by atoms with Crippen LogP contribution < -0.4 is 5.32 Å². The lowest BCUT2D eigenvalue weighted by atomic mass is 9.92. The minimum absolute atomic E-state index is 0.188. The van der Waals surface area contributed by atoms with Gasteiger partial charge in [0, 0.05) is 17.5 Å². The van der Waals surface area contributed by atoms with E-state index in [0.717, 1.165) is 23.6 Å². The van der Waals surface area contributed by atoms with Gasteiger partial charge in [-0.05, 0) is 48.9 Å². The van der Waals surface area contributed by atoms with Crippen LogP contribution in [0.4, 0.5) is 4.39 Å². The smallest absolute Gasteiger partial charge is 0.123 e. The molecule has 2 aromatic rings. The van der Waals surface area contributed by atoms with Crippen molar-refractivity contribution in [3.05, 3.63) is 70.5 Å². The Kier molecular flexibility index (Phi) is 4.94. The first-order chi connectivity index (χ1) is 9.19. The molecule has 0 spiro atoms. The molecule has 1 N–H and O–H groups in total. The van der Waals surface area contributed by atoms with E-state index in [1.807, 2.05) is 31.3 Å². The van der Waals surface area contributed by atoms with Crippen molar-refractivity contribution in [3.63, 3.8) is 0 Å².